The standard InChI is InChI=1S/C11H8ClN3O2/c12-6-2-1-3-10-9-7-8(15(16)17)4-5-11(9)14-13-10/h4-5,7H,2,6H2,(H,13,14). The smallest absolute Gasteiger partial charge is 0.269 e. The maximum atomic E-state index is 10.7. The second kappa shape index (κ2) is 4.85. The van der Waals surface area contributed by atoms with Crippen LogP contribution in [-0.4, -0.2) is 21.0 Å². The van der Waals surface area contributed by atoms with Crippen LogP contribution in [0.4, 0.5) is 5.69 Å². The lowest BCUT2D eigenvalue weighted by molar-refractivity contribution is -0.384. The Labute approximate surface area is 102 Å². The highest BCUT2D eigenvalue weighted by atomic mass is 35.5. The van der Waals surface area contributed by atoms with Gasteiger partial charge in [-0.2, -0.15) is 5.10 Å². The van der Waals surface area contributed by atoms with Crippen LogP contribution < -0.4 is 0 Å². The Balaban J connectivity index is 2.48. The molecule has 0 saturated heterocycles. The zero-order valence-corrected chi connectivity index (χ0v) is 9.49. The summed E-state index contributed by atoms with van der Waals surface area (Å²) in [4.78, 5) is 10.2. The van der Waals surface area contributed by atoms with E-state index in [4.69, 9.17) is 11.6 Å². The van der Waals surface area contributed by atoms with Gasteiger partial charge in [-0.1, -0.05) is 5.92 Å². The van der Waals surface area contributed by atoms with Crippen molar-refractivity contribution in [3.8, 4) is 11.8 Å². The van der Waals surface area contributed by atoms with E-state index in [0.717, 1.165) is 0 Å². The highest BCUT2D eigenvalue weighted by Gasteiger charge is 2.10. The predicted octanol–water partition coefficient (Wildman–Crippen LogP) is 2.45. The van der Waals surface area contributed by atoms with Crippen molar-refractivity contribution in [2.24, 2.45) is 0 Å². The third-order valence-electron chi connectivity index (χ3n) is 2.18. The number of hydrogen-bond acceptors (Lipinski definition) is 3. The molecule has 1 aromatic heterocycles. The summed E-state index contributed by atoms with van der Waals surface area (Å²) in [5.41, 5.74) is 1.26. The number of benzene rings is 1. The van der Waals surface area contributed by atoms with Gasteiger partial charge in [-0.25, -0.2) is 0 Å². The molecule has 86 valence electrons. The molecule has 0 aliphatic carbocycles. The summed E-state index contributed by atoms with van der Waals surface area (Å²) in [5, 5.41) is 18.1. The lowest BCUT2D eigenvalue weighted by Crippen LogP contribution is -1.86. The lowest BCUT2D eigenvalue weighted by atomic mass is 10.2. The van der Waals surface area contributed by atoms with Gasteiger partial charge in [0.25, 0.3) is 5.69 Å². The number of aromatic nitrogens is 2. The SMILES string of the molecule is O=[N+]([O-])c1ccc2n[nH]c(C#CCCCl)c2c1. The van der Waals surface area contributed by atoms with E-state index in [1.807, 2.05) is 0 Å². The highest BCUT2D eigenvalue weighted by molar-refractivity contribution is 6.18. The van der Waals surface area contributed by atoms with Crippen LogP contribution in [0, 0.1) is 22.0 Å². The molecule has 0 amide bonds. The van der Waals surface area contributed by atoms with Gasteiger partial charge in [0, 0.05) is 29.8 Å². The normalized spacial score (nSPS) is 9.94. The monoisotopic (exact) mass is 249 g/mol. The molecule has 2 rings (SSSR count). The average molecular weight is 250 g/mol. The summed E-state index contributed by atoms with van der Waals surface area (Å²) >= 11 is 5.51. The molecule has 5 nitrogen and oxygen atoms in total. The maximum absolute atomic E-state index is 10.7. The molecule has 1 heterocycles. The number of hydrogen-bond donors (Lipinski definition) is 1. The molecule has 0 saturated carbocycles. The van der Waals surface area contributed by atoms with Crippen LogP contribution in [0.15, 0.2) is 18.2 Å². The molecular formula is C11H8ClN3O2. The first kappa shape index (κ1) is 11.4. The number of alkyl halides is 1. The Morgan fingerprint density at radius 1 is 1.53 bits per heavy atom. The van der Waals surface area contributed by atoms with Crippen LogP contribution in [0.2, 0.25) is 0 Å². The largest absolute Gasteiger partial charge is 0.270 e. The van der Waals surface area contributed by atoms with Crippen molar-refractivity contribution in [1.29, 1.82) is 0 Å². The van der Waals surface area contributed by atoms with Crippen molar-refractivity contribution >= 4 is 28.2 Å². The van der Waals surface area contributed by atoms with Crippen molar-refractivity contribution in [2.45, 2.75) is 6.42 Å². The molecule has 0 unspecified atom stereocenters. The number of halogens is 1. The molecule has 0 atom stereocenters. The Hall–Kier alpha value is -2.06. The van der Waals surface area contributed by atoms with Gasteiger partial charge >= 0.3 is 0 Å². The fraction of sp³-hybridized carbons (Fsp3) is 0.182. The van der Waals surface area contributed by atoms with Gasteiger partial charge in [0.15, 0.2) is 0 Å². The lowest BCUT2D eigenvalue weighted by Gasteiger charge is -1.91. The van der Waals surface area contributed by atoms with Crippen molar-refractivity contribution in [1.82, 2.24) is 10.2 Å². The summed E-state index contributed by atoms with van der Waals surface area (Å²) in [6.07, 6.45) is 0.566. The first-order chi connectivity index (χ1) is 8.22. The summed E-state index contributed by atoms with van der Waals surface area (Å²) in [6, 6.07) is 4.47. The molecule has 0 aliphatic heterocycles. The Morgan fingerprint density at radius 2 is 2.35 bits per heavy atom. The van der Waals surface area contributed by atoms with Crippen molar-refractivity contribution in [3.05, 3.63) is 34.0 Å². The van der Waals surface area contributed by atoms with Crippen molar-refractivity contribution < 1.29 is 4.92 Å². The van der Waals surface area contributed by atoms with Crippen molar-refractivity contribution in [2.75, 3.05) is 5.88 Å². The molecule has 0 fully saturated rings. The summed E-state index contributed by atoms with van der Waals surface area (Å²) in [7, 11) is 0. The number of fused-ring (bicyclic) bond motifs is 1. The van der Waals surface area contributed by atoms with E-state index in [2.05, 4.69) is 22.0 Å². The molecule has 17 heavy (non-hydrogen) atoms. The Kier molecular flexibility index (Phi) is 3.26. The van der Waals surface area contributed by atoms with Gasteiger partial charge in [-0.05, 0) is 12.0 Å². The van der Waals surface area contributed by atoms with Crippen LogP contribution in [0.5, 0.6) is 0 Å². The van der Waals surface area contributed by atoms with Gasteiger partial charge in [-0.3, -0.25) is 15.2 Å². The molecule has 0 aliphatic rings. The Bertz CT molecular complexity index is 624. The zero-order chi connectivity index (χ0) is 12.3. The first-order valence-electron chi connectivity index (χ1n) is 4.89. The van der Waals surface area contributed by atoms with Gasteiger partial charge in [0.05, 0.1) is 10.4 Å². The molecule has 1 N–H and O–H groups in total. The number of aromatic amines is 1. The molecular weight excluding hydrogens is 242 g/mol. The van der Waals surface area contributed by atoms with Gasteiger partial charge in [-0.15, -0.1) is 11.6 Å². The molecule has 0 radical (unpaired) electrons. The Morgan fingerprint density at radius 3 is 3.06 bits per heavy atom. The number of nitro groups is 1. The fourth-order valence-corrected chi connectivity index (χ4v) is 1.50. The van der Waals surface area contributed by atoms with Crippen LogP contribution in [0.25, 0.3) is 10.9 Å². The van der Waals surface area contributed by atoms with E-state index in [9.17, 15) is 10.1 Å². The highest BCUT2D eigenvalue weighted by Crippen LogP contribution is 2.21. The first-order valence-corrected chi connectivity index (χ1v) is 5.43. The number of nitrogens with one attached hydrogen (secondary N) is 1. The summed E-state index contributed by atoms with van der Waals surface area (Å²) in [5.74, 6) is 6.17. The minimum atomic E-state index is -0.442. The summed E-state index contributed by atoms with van der Waals surface area (Å²) in [6.45, 7) is 0. The van der Waals surface area contributed by atoms with E-state index < -0.39 is 4.92 Å². The number of nitrogens with zero attached hydrogens (tertiary/aromatic N) is 2. The molecule has 6 heteroatoms. The zero-order valence-electron chi connectivity index (χ0n) is 8.74. The van der Waals surface area contributed by atoms with Crippen LogP contribution in [0.1, 0.15) is 12.1 Å². The van der Waals surface area contributed by atoms with Crippen LogP contribution in [-0.2, 0) is 0 Å². The minimum absolute atomic E-state index is 0.0271. The summed E-state index contributed by atoms with van der Waals surface area (Å²) < 4.78 is 0. The fourth-order valence-electron chi connectivity index (χ4n) is 1.41. The number of rotatable bonds is 2. The second-order valence-corrected chi connectivity index (χ2v) is 3.68. The van der Waals surface area contributed by atoms with E-state index >= 15 is 0 Å². The molecule has 2 aromatic rings. The van der Waals surface area contributed by atoms with Crippen molar-refractivity contribution in [3.63, 3.8) is 0 Å². The van der Waals surface area contributed by atoms with E-state index in [-0.39, 0.29) is 5.69 Å². The third kappa shape index (κ3) is 2.37. The number of nitro benzene ring substituents is 1. The predicted molar refractivity (Wildman–Crippen MR) is 65.0 cm³/mol. The van der Waals surface area contributed by atoms with E-state index in [1.54, 1.807) is 6.07 Å². The molecule has 0 bridgehead atoms. The quantitative estimate of drug-likeness (QED) is 0.385. The topological polar surface area (TPSA) is 71.8 Å². The second-order valence-electron chi connectivity index (χ2n) is 3.30. The number of H-pyrrole nitrogens is 1. The van der Waals surface area contributed by atoms with Gasteiger partial charge in [0.1, 0.15) is 5.69 Å². The molecule has 0 spiro atoms. The van der Waals surface area contributed by atoms with Gasteiger partial charge in [0.2, 0.25) is 0 Å². The minimum Gasteiger partial charge on any atom is -0.269 e. The van der Waals surface area contributed by atoms with Crippen LogP contribution >= 0.6 is 11.6 Å². The van der Waals surface area contributed by atoms with Gasteiger partial charge < -0.3 is 0 Å². The third-order valence-corrected chi connectivity index (χ3v) is 2.37. The maximum Gasteiger partial charge on any atom is 0.270 e. The average Bonchev–Trinajstić information content (AvgIpc) is 2.72. The molecule has 1 aromatic carbocycles. The van der Waals surface area contributed by atoms with E-state index in [1.165, 1.54) is 12.1 Å². The number of non-ortho nitro benzene ring substituents is 1. The van der Waals surface area contributed by atoms with E-state index in [0.29, 0.717) is 28.9 Å². The van der Waals surface area contributed by atoms with Crippen LogP contribution in [0.3, 0.4) is 0 Å².